The number of hydrogen-bond donors (Lipinski definition) is 1. The van der Waals surface area contributed by atoms with Crippen LogP contribution in [0.2, 0.25) is 4.34 Å². The van der Waals surface area contributed by atoms with E-state index in [4.69, 9.17) is 16.3 Å². The number of thiophene rings is 1. The highest BCUT2D eigenvalue weighted by Gasteiger charge is 2.26. The summed E-state index contributed by atoms with van der Waals surface area (Å²) in [6.45, 7) is 0.829. The highest BCUT2D eigenvalue weighted by atomic mass is 35.5. The number of carbonyl (C=O) groups is 1. The van der Waals surface area contributed by atoms with Crippen LogP contribution >= 0.6 is 22.9 Å². The third kappa shape index (κ3) is 4.37. The zero-order chi connectivity index (χ0) is 18.7. The molecule has 0 saturated carbocycles. The molecule has 1 amide bonds. The molecule has 1 aliphatic heterocycles. The Morgan fingerprint density at radius 1 is 1.31 bits per heavy atom. The Hall–Kier alpha value is -1.61. The van der Waals surface area contributed by atoms with Crippen molar-refractivity contribution >= 4 is 38.9 Å². The van der Waals surface area contributed by atoms with Gasteiger partial charge in [-0.2, -0.15) is 4.31 Å². The van der Waals surface area contributed by atoms with E-state index in [1.165, 1.54) is 4.31 Å². The highest BCUT2D eigenvalue weighted by Crippen LogP contribution is 2.25. The first-order valence-corrected chi connectivity index (χ1v) is 10.9. The van der Waals surface area contributed by atoms with E-state index in [1.807, 2.05) is 18.2 Å². The monoisotopic (exact) mass is 414 g/mol. The standard InChI is InChI=1S/C17H19ClN2O4S2/c1-24-14-3-2-13-11-20(8-6-12(13)10-14)26(22,23)9-7-19-17(21)15-4-5-16(18)25-15/h2-5,10H,6-9,11H2,1H3,(H,19,21). The average molecular weight is 415 g/mol. The molecule has 0 bridgehead atoms. The first kappa shape index (κ1) is 19.2. The van der Waals surface area contributed by atoms with Crippen LogP contribution in [0.3, 0.4) is 0 Å². The SMILES string of the molecule is COc1ccc2c(c1)CCN(S(=O)(=O)CCNC(=O)c1ccc(Cl)s1)C2. The van der Waals surface area contributed by atoms with E-state index in [2.05, 4.69) is 5.32 Å². The number of benzene rings is 1. The van der Waals surface area contributed by atoms with Crippen LogP contribution in [0.1, 0.15) is 20.8 Å². The number of fused-ring (bicyclic) bond motifs is 1. The van der Waals surface area contributed by atoms with E-state index in [0.717, 1.165) is 28.2 Å². The van der Waals surface area contributed by atoms with Crippen LogP contribution in [0.15, 0.2) is 30.3 Å². The van der Waals surface area contributed by atoms with Crippen molar-refractivity contribution in [2.24, 2.45) is 0 Å². The van der Waals surface area contributed by atoms with Gasteiger partial charge in [0.2, 0.25) is 10.0 Å². The number of amides is 1. The van der Waals surface area contributed by atoms with Gasteiger partial charge in [0.25, 0.3) is 5.91 Å². The Bertz CT molecular complexity index is 911. The van der Waals surface area contributed by atoms with Gasteiger partial charge >= 0.3 is 0 Å². The van der Waals surface area contributed by atoms with E-state index < -0.39 is 10.0 Å². The second-order valence-electron chi connectivity index (χ2n) is 5.89. The molecule has 0 unspecified atom stereocenters. The molecular weight excluding hydrogens is 396 g/mol. The molecule has 1 aliphatic rings. The molecule has 9 heteroatoms. The molecule has 0 aliphatic carbocycles. The van der Waals surface area contributed by atoms with Gasteiger partial charge in [-0.15, -0.1) is 11.3 Å². The Morgan fingerprint density at radius 2 is 2.12 bits per heavy atom. The van der Waals surface area contributed by atoms with Crippen molar-refractivity contribution in [3.8, 4) is 5.75 Å². The molecule has 26 heavy (non-hydrogen) atoms. The first-order valence-electron chi connectivity index (χ1n) is 8.06. The van der Waals surface area contributed by atoms with Crippen LogP contribution in [0, 0.1) is 0 Å². The lowest BCUT2D eigenvalue weighted by Gasteiger charge is -2.28. The largest absolute Gasteiger partial charge is 0.497 e. The number of halogens is 1. The first-order chi connectivity index (χ1) is 12.4. The zero-order valence-electron chi connectivity index (χ0n) is 14.2. The minimum absolute atomic E-state index is 0.0582. The van der Waals surface area contributed by atoms with Crippen molar-refractivity contribution in [3.05, 3.63) is 50.7 Å². The molecule has 3 rings (SSSR count). The predicted octanol–water partition coefficient (Wildman–Crippen LogP) is 2.53. The molecule has 2 heterocycles. The number of ether oxygens (including phenoxy) is 1. The Morgan fingerprint density at radius 3 is 2.81 bits per heavy atom. The Balaban J connectivity index is 1.57. The van der Waals surface area contributed by atoms with Gasteiger partial charge in [0, 0.05) is 19.6 Å². The number of nitrogens with one attached hydrogen (secondary N) is 1. The molecule has 0 spiro atoms. The molecule has 6 nitrogen and oxygen atoms in total. The third-order valence-corrected chi connectivity index (χ3v) is 7.28. The summed E-state index contributed by atoms with van der Waals surface area (Å²) in [5, 5.41) is 2.63. The normalized spacial score (nSPS) is 14.7. The lowest BCUT2D eigenvalue weighted by atomic mass is 10.0. The fourth-order valence-electron chi connectivity index (χ4n) is 2.81. The van der Waals surface area contributed by atoms with E-state index in [9.17, 15) is 13.2 Å². The molecule has 140 valence electrons. The minimum atomic E-state index is -3.45. The second kappa shape index (κ2) is 7.96. The average Bonchev–Trinajstić information content (AvgIpc) is 3.07. The van der Waals surface area contributed by atoms with Crippen LogP contribution in [0.5, 0.6) is 5.75 Å². The number of nitrogens with zero attached hydrogens (tertiary/aromatic N) is 1. The molecule has 1 aromatic carbocycles. The van der Waals surface area contributed by atoms with Crippen molar-refractivity contribution in [2.75, 3.05) is 26.0 Å². The lowest BCUT2D eigenvalue weighted by Crippen LogP contribution is -2.40. The molecule has 0 radical (unpaired) electrons. The van der Waals surface area contributed by atoms with E-state index in [1.54, 1.807) is 19.2 Å². The van der Waals surface area contributed by atoms with Gasteiger partial charge in [-0.1, -0.05) is 17.7 Å². The summed E-state index contributed by atoms with van der Waals surface area (Å²) in [5.41, 5.74) is 2.09. The predicted molar refractivity (Wildman–Crippen MR) is 103 cm³/mol. The maximum atomic E-state index is 12.6. The quantitative estimate of drug-likeness (QED) is 0.788. The minimum Gasteiger partial charge on any atom is -0.497 e. The molecule has 1 N–H and O–H groups in total. The number of rotatable bonds is 6. The highest BCUT2D eigenvalue weighted by molar-refractivity contribution is 7.89. The van der Waals surface area contributed by atoms with Gasteiger partial charge in [-0.3, -0.25) is 4.79 Å². The fraction of sp³-hybridized carbons (Fsp3) is 0.353. The summed E-state index contributed by atoms with van der Waals surface area (Å²) in [6.07, 6.45) is 0.645. The summed E-state index contributed by atoms with van der Waals surface area (Å²) in [7, 11) is -1.84. The van der Waals surface area contributed by atoms with E-state index in [0.29, 0.717) is 28.7 Å². The number of hydrogen-bond acceptors (Lipinski definition) is 5. The topological polar surface area (TPSA) is 75.7 Å². The Labute approximate surface area is 161 Å². The number of sulfonamides is 1. The molecule has 0 fully saturated rings. The zero-order valence-corrected chi connectivity index (χ0v) is 16.6. The maximum Gasteiger partial charge on any atom is 0.261 e. The fourth-order valence-corrected chi connectivity index (χ4v) is 5.10. The van der Waals surface area contributed by atoms with Gasteiger partial charge in [-0.25, -0.2) is 8.42 Å². The summed E-state index contributed by atoms with van der Waals surface area (Å²) < 4.78 is 32.3. The van der Waals surface area contributed by atoms with Crippen molar-refractivity contribution in [3.63, 3.8) is 0 Å². The number of carbonyl (C=O) groups excluding carboxylic acids is 1. The van der Waals surface area contributed by atoms with Gasteiger partial charge < -0.3 is 10.1 Å². The molecule has 2 aromatic rings. The Kier molecular flexibility index (Phi) is 5.86. The maximum absolute atomic E-state index is 12.6. The van der Waals surface area contributed by atoms with Crippen LogP contribution in [0.4, 0.5) is 0 Å². The lowest BCUT2D eigenvalue weighted by molar-refractivity contribution is 0.0960. The van der Waals surface area contributed by atoms with Gasteiger partial charge in [0.15, 0.2) is 0 Å². The summed E-state index contributed by atoms with van der Waals surface area (Å²) in [6, 6.07) is 8.94. The smallest absolute Gasteiger partial charge is 0.261 e. The van der Waals surface area contributed by atoms with Crippen LogP contribution in [0.25, 0.3) is 0 Å². The van der Waals surface area contributed by atoms with E-state index in [-0.39, 0.29) is 18.2 Å². The molecular formula is C17H19ClN2O4S2. The van der Waals surface area contributed by atoms with Gasteiger partial charge in [0.1, 0.15) is 5.75 Å². The number of methoxy groups -OCH3 is 1. The van der Waals surface area contributed by atoms with Gasteiger partial charge in [0.05, 0.1) is 22.1 Å². The summed E-state index contributed by atoms with van der Waals surface area (Å²) >= 11 is 6.96. The van der Waals surface area contributed by atoms with Crippen LogP contribution < -0.4 is 10.1 Å². The second-order valence-corrected chi connectivity index (χ2v) is 9.70. The summed E-state index contributed by atoms with van der Waals surface area (Å²) in [4.78, 5) is 12.4. The molecule has 1 aromatic heterocycles. The van der Waals surface area contributed by atoms with Crippen LogP contribution in [-0.2, 0) is 23.0 Å². The van der Waals surface area contributed by atoms with E-state index >= 15 is 0 Å². The molecule has 0 saturated heterocycles. The van der Waals surface area contributed by atoms with Crippen molar-refractivity contribution in [1.29, 1.82) is 0 Å². The van der Waals surface area contributed by atoms with Crippen molar-refractivity contribution < 1.29 is 17.9 Å². The van der Waals surface area contributed by atoms with Crippen molar-refractivity contribution in [2.45, 2.75) is 13.0 Å². The summed E-state index contributed by atoms with van der Waals surface area (Å²) in [5.74, 6) is 0.327. The van der Waals surface area contributed by atoms with Crippen molar-refractivity contribution in [1.82, 2.24) is 9.62 Å². The molecule has 0 atom stereocenters. The van der Waals surface area contributed by atoms with Crippen LogP contribution in [-0.4, -0.2) is 44.6 Å². The third-order valence-electron chi connectivity index (χ3n) is 4.23. The van der Waals surface area contributed by atoms with Gasteiger partial charge in [-0.05, 0) is 41.8 Å².